The molecule has 0 spiro atoms. The first-order valence-corrected chi connectivity index (χ1v) is 10.9. The monoisotopic (exact) mass is 424 g/mol. The number of nitrogens with zero attached hydrogens (tertiary/aromatic N) is 5. The fraction of sp³-hybridized carbons (Fsp3) is 0.500. The van der Waals surface area contributed by atoms with Crippen molar-refractivity contribution in [3.8, 4) is 11.4 Å². The summed E-state index contributed by atoms with van der Waals surface area (Å²) in [6, 6.07) is 5.95. The zero-order chi connectivity index (χ0) is 21.2. The van der Waals surface area contributed by atoms with Crippen molar-refractivity contribution in [3.63, 3.8) is 0 Å². The number of aromatic amines is 1. The van der Waals surface area contributed by atoms with Crippen LogP contribution in [0.2, 0.25) is 0 Å². The molecule has 0 radical (unpaired) electrons. The van der Waals surface area contributed by atoms with Gasteiger partial charge in [-0.2, -0.15) is 10.1 Å². The Morgan fingerprint density at radius 3 is 2.61 bits per heavy atom. The van der Waals surface area contributed by atoms with Crippen LogP contribution >= 0.6 is 0 Å². The van der Waals surface area contributed by atoms with Crippen LogP contribution in [-0.2, 0) is 11.2 Å². The van der Waals surface area contributed by atoms with E-state index in [2.05, 4.69) is 25.3 Å². The molecular formula is C22H25FN6O2. The zero-order valence-corrected chi connectivity index (χ0v) is 17.3. The predicted octanol–water partition coefficient (Wildman–Crippen LogP) is 3.60. The van der Waals surface area contributed by atoms with Crippen molar-refractivity contribution in [2.24, 2.45) is 0 Å². The lowest BCUT2D eigenvalue weighted by Crippen LogP contribution is -2.38. The molecule has 2 fully saturated rings. The molecule has 2 aliphatic rings. The summed E-state index contributed by atoms with van der Waals surface area (Å²) in [4.78, 5) is 23.5. The molecule has 3 aromatic rings. The van der Waals surface area contributed by atoms with Gasteiger partial charge in [0.25, 0.3) is 0 Å². The number of halogens is 1. The summed E-state index contributed by atoms with van der Waals surface area (Å²) in [7, 11) is 0. The highest BCUT2D eigenvalue weighted by atomic mass is 19.1. The minimum absolute atomic E-state index is 0.160. The van der Waals surface area contributed by atoms with Gasteiger partial charge < -0.3 is 9.42 Å². The first kappa shape index (κ1) is 19.8. The van der Waals surface area contributed by atoms with Gasteiger partial charge in [0, 0.05) is 43.3 Å². The maximum Gasteiger partial charge on any atom is 0.226 e. The van der Waals surface area contributed by atoms with E-state index in [4.69, 9.17) is 4.52 Å². The molecule has 9 heteroatoms. The van der Waals surface area contributed by atoms with Gasteiger partial charge in [-0.25, -0.2) is 9.37 Å². The van der Waals surface area contributed by atoms with Crippen molar-refractivity contribution in [1.82, 2.24) is 30.2 Å². The summed E-state index contributed by atoms with van der Waals surface area (Å²) < 4.78 is 18.3. The standard InChI is InChI=1S/C22H25FN6O2/c23-17-8-6-15(7-9-17)22-24-18(31-28-22)2-1-3-19(30)29-12-10-16(11-13-29)21-25-20(26-27-21)14-4-5-14/h6-9,14,16H,1-5,10-13H2,(H,25,26,27). The van der Waals surface area contributed by atoms with E-state index in [-0.39, 0.29) is 11.7 Å². The Hall–Kier alpha value is -3.10. The molecule has 1 N–H and O–H groups in total. The lowest BCUT2D eigenvalue weighted by Gasteiger charge is -2.31. The van der Waals surface area contributed by atoms with Crippen LogP contribution in [0.3, 0.4) is 0 Å². The summed E-state index contributed by atoms with van der Waals surface area (Å²) in [5, 5.41) is 11.4. The average molecular weight is 424 g/mol. The van der Waals surface area contributed by atoms with Crippen molar-refractivity contribution in [1.29, 1.82) is 0 Å². The predicted molar refractivity (Wildman–Crippen MR) is 110 cm³/mol. The topological polar surface area (TPSA) is 101 Å². The van der Waals surface area contributed by atoms with E-state index in [1.54, 1.807) is 12.1 Å². The second-order valence-electron chi connectivity index (χ2n) is 8.38. The van der Waals surface area contributed by atoms with Gasteiger partial charge in [0.15, 0.2) is 5.82 Å². The molecule has 1 aromatic carbocycles. The molecule has 1 saturated heterocycles. The number of hydrogen-bond acceptors (Lipinski definition) is 6. The van der Waals surface area contributed by atoms with Crippen LogP contribution in [0.5, 0.6) is 0 Å². The Labute approximate surface area is 179 Å². The molecule has 31 heavy (non-hydrogen) atoms. The molecule has 162 valence electrons. The Bertz CT molecular complexity index is 1030. The van der Waals surface area contributed by atoms with Crippen molar-refractivity contribution in [3.05, 3.63) is 47.6 Å². The minimum Gasteiger partial charge on any atom is -0.343 e. The minimum atomic E-state index is -0.307. The number of likely N-dealkylation sites (tertiary alicyclic amines) is 1. The van der Waals surface area contributed by atoms with E-state index in [1.807, 2.05) is 4.90 Å². The third kappa shape index (κ3) is 4.65. The van der Waals surface area contributed by atoms with Crippen LogP contribution in [-0.4, -0.2) is 49.2 Å². The van der Waals surface area contributed by atoms with Gasteiger partial charge in [-0.1, -0.05) is 5.16 Å². The number of aromatic nitrogens is 5. The first-order chi connectivity index (χ1) is 15.2. The number of aryl methyl sites for hydroxylation is 1. The smallest absolute Gasteiger partial charge is 0.226 e. The molecule has 1 amide bonds. The Morgan fingerprint density at radius 1 is 1.10 bits per heavy atom. The van der Waals surface area contributed by atoms with Gasteiger partial charge in [0.2, 0.25) is 17.6 Å². The summed E-state index contributed by atoms with van der Waals surface area (Å²) >= 11 is 0. The van der Waals surface area contributed by atoms with Gasteiger partial charge in [0.05, 0.1) is 0 Å². The number of H-pyrrole nitrogens is 1. The number of nitrogens with one attached hydrogen (secondary N) is 1. The summed E-state index contributed by atoms with van der Waals surface area (Å²) in [5.74, 6) is 3.61. The summed E-state index contributed by atoms with van der Waals surface area (Å²) in [6.45, 7) is 1.50. The fourth-order valence-corrected chi connectivity index (χ4v) is 4.02. The van der Waals surface area contributed by atoms with Gasteiger partial charge in [-0.15, -0.1) is 0 Å². The second kappa shape index (κ2) is 8.56. The van der Waals surface area contributed by atoms with E-state index >= 15 is 0 Å². The number of benzene rings is 1. The van der Waals surface area contributed by atoms with Gasteiger partial charge in [-0.05, 0) is 56.4 Å². The molecule has 0 unspecified atom stereocenters. The van der Waals surface area contributed by atoms with Crippen LogP contribution < -0.4 is 0 Å². The molecule has 0 atom stereocenters. The molecular weight excluding hydrogens is 399 g/mol. The highest BCUT2D eigenvalue weighted by molar-refractivity contribution is 5.76. The number of amides is 1. The van der Waals surface area contributed by atoms with Crippen LogP contribution in [0.25, 0.3) is 11.4 Å². The van der Waals surface area contributed by atoms with Crippen molar-refractivity contribution < 1.29 is 13.7 Å². The van der Waals surface area contributed by atoms with Crippen LogP contribution in [0.4, 0.5) is 4.39 Å². The maximum atomic E-state index is 13.0. The molecule has 1 saturated carbocycles. The van der Waals surface area contributed by atoms with Crippen molar-refractivity contribution in [2.75, 3.05) is 13.1 Å². The number of carbonyl (C=O) groups is 1. The largest absolute Gasteiger partial charge is 0.343 e. The van der Waals surface area contributed by atoms with Crippen LogP contribution in [0.1, 0.15) is 67.9 Å². The normalized spacial score (nSPS) is 17.3. The van der Waals surface area contributed by atoms with E-state index in [0.717, 1.165) is 37.6 Å². The Morgan fingerprint density at radius 2 is 1.87 bits per heavy atom. The molecule has 0 bridgehead atoms. The van der Waals surface area contributed by atoms with Crippen molar-refractivity contribution in [2.45, 2.75) is 56.8 Å². The Kier molecular flexibility index (Phi) is 5.48. The third-order valence-corrected chi connectivity index (χ3v) is 6.05. The average Bonchev–Trinajstić information content (AvgIpc) is 3.33. The second-order valence-corrected chi connectivity index (χ2v) is 8.38. The number of piperidine rings is 1. The van der Waals surface area contributed by atoms with Crippen LogP contribution in [0.15, 0.2) is 28.8 Å². The molecule has 2 aromatic heterocycles. The maximum absolute atomic E-state index is 13.0. The van der Waals surface area contributed by atoms with E-state index in [1.165, 1.54) is 25.0 Å². The van der Waals surface area contributed by atoms with E-state index in [9.17, 15) is 9.18 Å². The third-order valence-electron chi connectivity index (χ3n) is 6.05. The summed E-state index contributed by atoms with van der Waals surface area (Å²) in [6.07, 6.45) is 5.86. The summed E-state index contributed by atoms with van der Waals surface area (Å²) in [5.41, 5.74) is 0.700. The Balaban J connectivity index is 1.06. The van der Waals surface area contributed by atoms with E-state index in [0.29, 0.717) is 48.4 Å². The van der Waals surface area contributed by atoms with Crippen LogP contribution in [0, 0.1) is 5.82 Å². The quantitative estimate of drug-likeness (QED) is 0.622. The van der Waals surface area contributed by atoms with Gasteiger partial charge in [0.1, 0.15) is 11.6 Å². The highest BCUT2D eigenvalue weighted by Gasteiger charge is 2.30. The first-order valence-electron chi connectivity index (χ1n) is 10.9. The molecule has 1 aliphatic heterocycles. The molecule has 1 aliphatic carbocycles. The SMILES string of the molecule is O=C(CCCc1nc(-c2ccc(F)cc2)no1)N1CCC(c2nc(C3CC3)n[nH]2)CC1. The number of carbonyl (C=O) groups excluding carboxylic acids is 1. The highest BCUT2D eigenvalue weighted by Crippen LogP contribution is 2.38. The molecule has 3 heterocycles. The van der Waals surface area contributed by atoms with Gasteiger partial charge in [-0.3, -0.25) is 9.89 Å². The fourth-order valence-electron chi connectivity index (χ4n) is 4.02. The van der Waals surface area contributed by atoms with Gasteiger partial charge >= 0.3 is 0 Å². The van der Waals surface area contributed by atoms with Crippen molar-refractivity contribution >= 4 is 5.91 Å². The number of hydrogen-bond donors (Lipinski definition) is 1. The number of rotatable bonds is 7. The lowest BCUT2D eigenvalue weighted by molar-refractivity contribution is -0.132. The zero-order valence-electron chi connectivity index (χ0n) is 17.3. The lowest BCUT2D eigenvalue weighted by atomic mass is 9.96. The molecule has 5 rings (SSSR count). The van der Waals surface area contributed by atoms with E-state index < -0.39 is 0 Å². The molecule has 8 nitrogen and oxygen atoms in total.